The summed E-state index contributed by atoms with van der Waals surface area (Å²) >= 11 is 1.54. The van der Waals surface area contributed by atoms with Crippen LogP contribution in [0.1, 0.15) is 58.3 Å². The number of unbranched alkanes of at least 4 members (excludes halogenated alkanes) is 7. The van der Waals surface area contributed by atoms with Gasteiger partial charge < -0.3 is 20.1 Å². The molecule has 1 aliphatic heterocycles. The Morgan fingerprint density at radius 3 is 2.15 bits per heavy atom. The molecule has 0 unspecified atom stereocenters. The molecule has 0 radical (unpaired) electrons. The molecule has 5 heteroatoms. The van der Waals surface area contributed by atoms with Gasteiger partial charge in [0.25, 0.3) is 0 Å². The normalized spacial score (nSPS) is 30.6. The van der Waals surface area contributed by atoms with E-state index in [2.05, 4.69) is 6.92 Å². The molecule has 0 spiro atoms. The summed E-state index contributed by atoms with van der Waals surface area (Å²) in [4.78, 5) is 0. The zero-order chi connectivity index (χ0) is 14.8. The van der Waals surface area contributed by atoms with E-state index in [0.29, 0.717) is 0 Å². The fourth-order valence-corrected chi connectivity index (χ4v) is 3.50. The third kappa shape index (κ3) is 6.76. The number of aliphatic hydroxyl groups excluding tert-OH is 3. The maximum Gasteiger partial charge on any atom is 0.131 e. The third-order valence-corrected chi connectivity index (χ3v) is 5.00. The van der Waals surface area contributed by atoms with Crippen molar-refractivity contribution in [2.75, 3.05) is 12.4 Å². The van der Waals surface area contributed by atoms with Crippen LogP contribution < -0.4 is 0 Å². The lowest BCUT2D eigenvalue weighted by Gasteiger charge is -2.34. The first kappa shape index (κ1) is 18.2. The minimum Gasteiger partial charge on any atom is -0.388 e. The second kappa shape index (κ2) is 10.9. The van der Waals surface area contributed by atoms with Crippen LogP contribution >= 0.6 is 11.8 Å². The van der Waals surface area contributed by atoms with Crippen molar-refractivity contribution in [1.82, 2.24) is 0 Å². The van der Waals surface area contributed by atoms with Gasteiger partial charge in [-0.1, -0.05) is 51.9 Å². The maximum atomic E-state index is 9.78. The van der Waals surface area contributed by atoms with Crippen molar-refractivity contribution >= 4 is 11.8 Å². The van der Waals surface area contributed by atoms with Crippen molar-refractivity contribution in [2.24, 2.45) is 0 Å². The van der Waals surface area contributed by atoms with Crippen LogP contribution in [0.2, 0.25) is 0 Å². The molecule has 0 bridgehead atoms. The van der Waals surface area contributed by atoms with Crippen LogP contribution in [0.4, 0.5) is 0 Å². The van der Waals surface area contributed by atoms with E-state index >= 15 is 0 Å². The fourth-order valence-electron chi connectivity index (χ4n) is 2.36. The van der Waals surface area contributed by atoms with Crippen LogP contribution in [0.15, 0.2) is 0 Å². The summed E-state index contributed by atoms with van der Waals surface area (Å²) in [7, 11) is 0. The molecule has 3 N–H and O–H groups in total. The molecule has 0 aromatic heterocycles. The van der Waals surface area contributed by atoms with Crippen molar-refractivity contribution in [3.05, 3.63) is 0 Å². The first-order valence-electron chi connectivity index (χ1n) is 7.94. The molecule has 20 heavy (non-hydrogen) atoms. The number of hydrogen-bond acceptors (Lipinski definition) is 5. The van der Waals surface area contributed by atoms with Gasteiger partial charge in [-0.3, -0.25) is 0 Å². The monoisotopic (exact) mass is 306 g/mol. The topological polar surface area (TPSA) is 69.9 Å². The maximum absolute atomic E-state index is 9.78. The van der Waals surface area contributed by atoms with Crippen LogP contribution in [0, 0.1) is 0 Å². The summed E-state index contributed by atoms with van der Waals surface area (Å²) in [5.41, 5.74) is -0.405. The Morgan fingerprint density at radius 2 is 1.50 bits per heavy atom. The molecular weight excluding hydrogens is 276 g/mol. The largest absolute Gasteiger partial charge is 0.388 e. The van der Waals surface area contributed by atoms with Gasteiger partial charge in [0.05, 0.1) is 6.61 Å². The summed E-state index contributed by atoms with van der Waals surface area (Å²) < 4.78 is 5.35. The minimum atomic E-state index is -1.08. The lowest BCUT2D eigenvalue weighted by Crippen LogP contribution is -2.51. The van der Waals surface area contributed by atoms with Crippen molar-refractivity contribution in [3.63, 3.8) is 0 Å². The molecular formula is C15H30O4S. The van der Waals surface area contributed by atoms with E-state index in [1.165, 1.54) is 56.7 Å². The molecule has 1 saturated heterocycles. The summed E-state index contributed by atoms with van der Waals surface area (Å²) in [5.74, 6) is 0.930. The van der Waals surface area contributed by atoms with Crippen molar-refractivity contribution in [3.8, 4) is 0 Å². The number of rotatable bonds is 10. The van der Waals surface area contributed by atoms with Gasteiger partial charge in [0.15, 0.2) is 0 Å². The van der Waals surface area contributed by atoms with Gasteiger partial charge in [0.2, 0.25) is 0 Å². The molecule has 1 fully saturated rings. The zero-order valence-corrected chi connectivity index (χ0v) is 13.4. The molecule has 120 valence electrons. The fraction of sp³-hybridized carbons (Fsp3) is 1.00. The lowest BCUT2D eigenvalue weighted by atomic mass is 10.1. The van der Waals surface area contributed by atoms with Gasteiger partial charge in [-0.2, -0.15) is 0 Å². The Balaban J connectivity index is 1.96. The Bertz CT molecular complexity index is 240. The summed E-state index contributed by atoms with van der Waals surface area (Å²) in [6, 6.07) is 0. The number of hydrogen-bond donors (Lipinski definition) is 3. The van der Waals surface area contributed by atoms with Gasteiger partial charge in [0, 0.05) is 0 Å². The molecule has 1 heterocycles. The van der Waals surface area contributed by atoms with Crippen LogP contribution in [0.3, 0.4) is 0 Å². The van der Waals surface area contributed by atoms with Crippen LogP contribution in [-0.4, -0.2) is 51.4 Å². The van der Waals surface area contributed by atoms with E-state index in [0.717, 1.165) is 12.2 Å². The number of ether oxygens (including phenoxy) is 1. The molecule has 0 aliphatic carbocycles. The average molecular weight is 306 g/mol. The molecule has 0 aromatic rings. The molecule has 4 atom stereocenters. The lowest BCUT2D eigenvalue weighted by molar-refractivity contribution is -0.161. The smallest absolute Gasteiger partial charge is 0.131 e. The second-order valence-electron chi connectivity index (χ2n) is 5.60. The highest BCUT2D eigenvalue weighted by Gasteiger charge is 2.37. The summed E-state index contributed by atoms with van der Waals surface area (Å²) in [6.07, 6.45) is 7.22. The van der Waals surface area contributed by atoms with Gasteiger partial charge in [-0.05, 0) is 12.2 Å². The van der Waals surface area contributed by atoms with Crippen LogP contribution in [-0.2, 0) is 4.74 Å². The number of thioether (sulfide) groups is 1. The highest BCUT2D eigenvalue weighted by Crippen LogP contribution is 2.25. The first-order valence-corrected chi connectivity index (χ1v) is 8.99. The van der Waals surface area contributed by atoms with Gasteiger partial charge in [-0.25, -0.2) is 0 Å². The van der Waals surface area contributed by atoms with Gasteiger partial charge in [0.1, 0.15) is 23.7 Å². The number of aliphatic hydroxyl groups is 3. The SMILES string of the molecule is CCCCCCCCCCS[C@@H]1OC[C@@H](O)[C@H](O)[C@H]1O. The second-order valence-corrected chi connectivity index (χ2v) is 6.80. The molecule has 1 rings (SSSR count). The Labute approximate surface area is 126 Å². The van der Waals surface area contributed by atoms with Crippen molar-refractivity contribution in [2.45, 2.75) is 82.0 Å². The van der Waals surface area contributed by atoms with Crippen LogP contribution in [0.25, 0.3) is 0 Å². The Kier molecular flexibility index (Phi) is 9.90. The third-order valence-electron chi connectivity index (χ3n) is 3.73. The average Bonchev–Trinajstić information content (AvgIpc) is 2.45. The Hall–Kier alpha value is 0.190. The van der Waals surface area contributed by atoms with Gasteiger partial charge in [-0.15, -0.1) is 11.8 Å². The van der Waals surface area contributed by atoms with E-state index < -0.39 is 23.7 Å². The van der Waals surface area contributed by atoms with E-state index in [1.807, 2.05) is 0 Å². The Morgan fingerprint density at radius 1 is 0.900 bits per heavy atom. The highest BCUT2D eigenvalue weighted by molar-refractivity contribution is 7.99. The first-order chi connectivity index (χ1) is 9.66. The quantitative estimate of drug-likeness (QED) is 0.540. The van der Waals surface area contributed by atoms with E-state index in [9.17, 15) is 15.3 Å². The molecule has 1 aliphatic rings. The zero-order valence-electron chi connectivity index (χ0n) is 12.5. The predicted molar refractivity (Wildman–Crippen MR) is 82.8 cm³/mol. The van der Waals surface area contributed by atoms with Gasteiger partial charge >= 0.3 is 0 Å². The molecule has 4 nitrogen and oxygen atoms in total. The van der Waals surface area contributed by atoms with E-state index in [4.69, 9.17) is 4.74 Å². The van der Waals surface area contributed by atoms with E-state index in [1.54, 1.807) is 0 Å². The highest BCUT2D eigenvalue weighted by atomic mass is 32.2. The van der Waals surface area contributed by atoms with Crippen molar-refractivity contribution in [1.29, 1.82) is 0 Å². The van der Waals surface area contributed by atoms with Crippen LogP contribution in [0.5, 0.6) is 0 Å². The predicted octanol–water partition coefficient (Wildman–Crippen LogP) is 2.30. The molecule has 0 aromatic carbocycles. The molecule has 0 saturated carbocycles. The summed E-state index contributed by atoms with van der Waals surface area (Å²) in [6.45, 7) is 2.34. The minimum absolute atomic E-state index is 0.104. The molecule has 0 amide bonds. The summed E-state index contributed by atoms with van der Waals surface area (Å²) in [5, 5.41) is 28.7. The standard InChI is InChI=1S/C15H30O4S/c1-2-3-4-5-6-7-8-9-10-20-15-14(18)13(17)12(16)11-19-15/h12-18H,2-11H2,1H3/t12-,13+,14-,15+/m1/s1. The van der Waals surface area contributed by atoms with Crippen molar-refractivity contribution < 1.29 is 20.1 Å². The van der Waals surface area contributed by atoms with E-state index in [-0.39, 0.29) is 6.61 Å².